The van der Waals surface area contributed by atoms with Crippen LogP contribution in [0.5, 0.6) is 0 Å². The maximum absolute atomic E-state index is 15.5. The Kier molecular flexibility index (Phi) is 8.67. The molecule has 0 heterocycles. The third-order valence-electron chi connectivity index (χ3n) is 12.2. The van der Waals surface area contributed by atoms with Crippen LogP contribution in [0.4, 0.5) is 8.78 Å². The molecule has 0 aromatic heterocycles. The second kappa shape index (κ2) is 11.8. The van der Waals surface area contributed by atoms with Crippen molar-refractivity contribution >= 4 is 47.7 Å². The average Bonchev–Trinajstić information content (AvgIpc) is 3.79. The van der Waals surface area contributed by atoms with Crippen LogP contribution in [0.2, 0.25) is 0 Å². The molecule has 4 aromatic carbocycles. The van der Waals surface area contributed by atoms with Crippen LogP contribution in [0.25, 0.3) is 23.3 Å². The van der Waals surface area contributed by atoms with Gasteiger partial charge in [0.2, 0.25) is 0 Å². The summed E-state index contributed by atoms with van der Waals surface area (Å²) in [5, 5.41) is 0. The maximum atomic E-state index is 15.5. The number of hydrogen-bond donors (Lipinski definition) is 0. The summed E-state index contributed by atoms with van der Waals surface area (Å²) in [6, 6.07) is 23.8. The van der Waals surface area contributed by atoms with Gasteiger partial charge in [0.05, 0.1) is 0 Å². The monoisotopic (exact) mass is 784 g/mol. The molecule has 0 saturated carbocycles. The Bertz CT molecular complexity index is 2260. The quantitative estimate of drug-likeness (QED) is 0.170. The molecule has 0 saturated heterocycles. The standard InChI is InChI=1S/C23H21.C9H13.2C6H4F.CH2.2ClH.Zr/c1-22(2)7-5-14-10-18-16(12-20(14)22)9-17-13-21-15(11-19(17)18)6-8-23(21,3)4;1-9(2,3)8-6-4-5-7-8;2*7-6-4-2-1-3-5-6;;;;/h5-7,10-13H,9H2,1-4H3;6-7H,4H2,1-3H3;2*1-2,4-5H;1H2;2*1H;. The summed E-state index contributed by atoms with van der Waals surface area (Å²) in [5.41, 5.74) is 11.3. The molecule has 0 amide bonds. The number of fused-ring (bicyclic) bond motifs is 5. The molecule has 0 aliphatic heterocycles. The molecule has 0 nitrogen and oxygen atoms in total. The number of hydrogen-bond acceptors (Lipinski definition) is 0. The van der Waals surface area contributed by atoms with Gasteiger partial charge in [0, 0.05) is 0 Å². The first-order valence-corrected chi connectivity index (χ1v) is 23.9. The van der Waals surface area contributed by atoms with Gasteiger partial charge in [0.25, 0.3) is 0 Å². The second-order valence-electron chi connectivity index (χ2n) is 16.9. The minimum absolute atomic E-state index is 0. The van der Waals surface area contributed by atoms with E-state index < -0.39 is 23.7 Å². The van der Waals surface area contributed by atoms with Gasteiger partial charge in [-0.15, -0.1) is 24.8 Å². The molecular formula is C45H46Cl2F2Zr. The van der Waals surface area contributed by atoms with E-state index in [-0.39, 0.29) is 47.3 Å². The third kappa shape index (κ3) is 5.01. The molecule has 0 fully saturated rings. The van der Waals surface area contributed by atoms with Gasteiger partial charge in [-0.05, 0) is 0 Å². The van der Waals surface area contributed by atoms with Crippen LogP contribution < -0.4 is 6.54 Å². The molecule has 0 spiro atoms. The summed E-state index contributed by atoms with van der Waals surface area (Å²) in [7, 11) is 0. The summed E-state index contributed by atoms with van der Waals surface area (Å²) in [6.07, 6.45) is 13.3. The summed E-state index contributed by atoms with van der Waals surface area (Å²) >= 11 is -5.31. The fraction of sp³-hybridized carbons (Fsp3) is 0.267. The first kappa shape index (κ1) is 36.8. The van der Waals surface area contributed by atoms with E-state index in [4.69, 9.17) is 4.21 Å². The van der Waals surface area contributed by atoms with Crippen LogP contribution in [0, 0.1) is 17.0 Å². The van der Waals surface area contributed by atoms with Crippen molar-refractivity contribution in [2.24, 2.45) is 5.41 Å². The van der Waals surface area contributed by atoms with Crippen LogP contribution in [0.1, 0.15) is 88.3 Å². The number of halogens is 4. The van der Waals surface area contributed by atoms with Gasteiger partial charge >= 0.3 is 287 Å². The molecule has 0 atom stereocenters. The van der Waals surface area contributed by atoms with Crippen molar-refractivity contribution in [1.82, 2.24) is 0 Å². The summed E-state index contributed by atoms with van der Waals surface area (Å²) in [4.78, 5) is 0. The molecule has 0 bridgehead atoms. The minimum atomic E-state index is -5.31. The van der Waals surface area contributed by atoms with E-state index in [1.165, 1.54) is 68.8 Å². The van der Waals surface area contributed by atoms with Crippen molar-refractivity contribution < 1.29 is 27.1 Å². The van der Waals surface area contributed by atoms with Crippen molar-refractivity contribution in [2.45, 2.75) is 72.1 Å². The molecule has 5 heteroatoms. The van der Waals surface area contributed by atoms with E-state index >= 15 is 8.78 Å². The Labute approximate surface area is 309 Å². The molecular weight excluding hydrogens is 741 g/mol. The van der Waals surface area contributed by atoms with E-state index in [2.05, 4.69) is 115 Å². The summed E-state index contributed by atoms with van der Waals surface area (Å²) in [5.74, 6) is -0.574. The van der Waals surface area contributed by atoms with Crippen molar-refractivity contribution in [3.05, 3.63) is 148 Å². The Hall–Kier alpha value is -2.97. The Morgan fingerprint density at radius 1 is 0.720 bits per heavy atom. The van der Waals surface area contributed by atoms with E-state index in [1.54, 1.807) is 12.1 Å². The molecule has 4 aromatic rings. The second-order valence-corrected chi connectivity index (χ2v) is 29.8. The molecule has 258 valence electrons. The van der Waals surface area contributed by atoms with Crippen molar-refractivity contribution in [1.29, 1.82) is 0 Å². The normalized spacial score (nSPS) is 17.8. The molecule has 8 rings (SSSR count). The van der Waals surface area contributed by atoms with Crippen LogP contribution in [-0.2, 0) is 35.5 Å². The topological polar surface area (TPSA) is 0 Å². The first-order chi connectivity index (χ1) is 22.5. The van der Waals surface area contributed by atoms with Gasteiger partial charge in [0.1, 0.15) is 0 Å². The Balaban J connectivity index is 0.00000216. The fourth-order valence-corrected chi connectivity index (χ4v) is 26.5. The van der Waals surface area contributed by atoms with Crippen molar-refractivity contribution in [3.63, 3.8) is 0 Å². The van der Waals surface area contributed by atoms with Gasteiger partial charge < -0.3 is 0 Å². The van der Waals surface area contributed by atoms with Gasteiger partial charge in [-0.3, -0.25) is 0 Å². The summed E-state index contributed by atoms with van der Waals surface area (Å²) in [6.45, 7) is 15.9. The zero-order valence-corrected chi connectivity index (χ0v) is 34.1. The SMILES string of the molecule is Cl.Cl.[CH2]=[Zr]([C]1=CC(C(C)(C)C)=CC1)([C]1=Cc2cc3c(cc2C1(C)C)Cc1cc2c(cc1-3)C=CC2(C)C)([c]1cccc(F)c1)[c]1cccc(F)c1. The molecule has 4 aliphatic rings. The van der Waals surface area contributed by atoms with E-state index in [0.29, 0.717) is 0 Å². The Morgan fingerprint density at radius 3 is 1.82 bits per heavy atom. The van der Waals surface area contributed by atoms with Crippen LogP contribution in [-0.4, -0.2) is 4.21 Å². The zero-order chi connectivity index (χ0) is 34.0. The van der Waals surface area contributed by atoms with Gasteiger partial charge in [-0.25, -0.2) is 0 Å². The van der Waals surface area contributed by atoms with E-state index in [0.717, 1.165) is 19.4 Å². The average molecular weight is 787 g/mol. The van der Waals surface area contributed by atoms with E-state index in [9.17, 15) is 0 Å². The third-order valence-corrected chi connectivity index (χ3v) is 29.2. The zero-order valence-electron chi connectivity index (χ0n) is 30.0. The molecule has 0 N–H and O–H groups in total. The van der Waals surface area contributed by atoms with Gasteiger partial charge in [-0.1, -0.05) is 0 Å². The molecule has 0 unspecified atom stereocenters. The number of rotatable bonds is 4. The van der Waals surface area contributed by atoms with Crippen molar-refractivity contribution in [2.75, 3.05) is 0 Å². The molecule has 4 aliphatic carbocycles. The van der Waals surface area contributed by atoms with E-state index in [1.807, 2.05) is 12.1 Å². The Morgan fingerprint density at radius 2 is 1.28 bits per heavy atom. The molecule has 0 radical (unpaired) electrons. The summed E-state index contributed by atoms with van der Waals surface area (Å²) < 4.78 is 40.7. The van der Waals surface area contributed by atoms with Crippen LogP contribution in [0.3, 0.4) is 0 Å². The molecule has 50 heavy (non-hydrogen) atoms. The first-order valence-electron chi connectivity index (χ1n) is 17.3. The van der Waals surface area contributed by atoms with Crippen molar-refractivity contribution in [3.8, 4) is 11.1 Å². The number of benzene rings is 4. The fourth-order valence-electron chi connectivity index (χ4n) is 9.51. The van der Waals surface area contributed by atoms with Crippen LogP contribution >= 0.6 is 24.8 Å². The number of allylic oxidation sites excluding steroid dienone is 6. The van der Waals surface area contributed by atoms with Crippen LogP contribution in [0.15, 0.2) is 103 Å². The predicted molar refractivity (Wildman–Crippen MR) is 212 cm³/mol. The predicted octanol–water partition coefficient (Wildman–Crippen LogP) is 11.3. The van der Waals surface area contributed by atoms with Gasteiger partial charge in [-0.2, -0.15) is 0 Å². The van der Waals surface area contributed by atoms with Gasteiger partial charge in [0.15, 0.2) is 0 Å².